The van der Waals surface area contributed by atoms with E-state index in [1.807, 2.05) is 0 Å². The maximum Gasteiger partial charge on any atom is 1.00 e. The summed E-state index contributed by atoms with van der Waals surface area (Å²) in [5, 5.41) is 13.1. The number of hydrogen-bond acceptors (Lipinski definition) is 11. The van der Waals surface area contributed by atoms with E-state index >= 15 is 0 Å². The van der Waals surface area contributed by atoms with Crippen LogP contribution in [0.3, 0.4) is 0 Å². The standard InChI is InChI=1S/C12H9ClO8S3.C12H9ClO2S.2Na/c13-11-5-4-10(7-12(11)24(17,18)19)23(15,16)9-3-1-2-8(6-9)22-21-20-14;13-10-6-8-12(9-7-10)16(14,15)11-4-2-1-3-5-11;;/h1-7,14H,(H,17,18,19);1-9H;;/q;;2*+1/p-2. The quantitative estimate of drug-likeness (QED) is 0.0687. The minimum atomic E-state index is -4.94. The molecule has 0 aliphatic heterocycles. The second-order valence-electron chi connectivity index (χ2n) is 7.51. The van der Waals surface area contributed by atoms with Gasteiger partial charge < -0.3 is 9.81 Å². The van der Waals surface area contributed by atoms with Gasteiger partial charge in [0.05, 0.1) is 41.5 Å². The summed E-state index contributed by atoms with van der Waals surface area (Å²) in [5.74, 6) is 0. The second-order valence-corrected chi connectivity index (χ2v) is 14.4. The molecule has 0 aliphatic rings. The summed E-state index contributed by atoms with van der Waals surface area (Å²) in [6, 6.07) is 22.5. The molecular weight excluding hydrogens is 693 g/mol. The van der Waals surface area contributed by atoms with Crippen molar-refractivity contribution < 1.29 is 104 Å². The molecule has 212 valence electrons. The Kier molecular flexibility index (Phi) is 16.2. The van der Waals surface area contributed by atoms with Gasteiger partial charge in [0.25, 0.3) is 0 Å². The van der Waals surface area contributed by atoms with Crippen molar-refractivity contribution in [1.29, 1.82) is 0 Å². The molecular formula is C24H16Cl2Na2O10S4. The summed E-state index contributed by atoms with van der Waals surface area (Å²) in [6.07, 6.45) is 0. The van der Waals surface area contributed by atoms with Gasteiger partial charge in [0, 0.05) is 9.92 Å². The Morgan fingerprint density at radius 2 is 1.12 bits per heavy atom. The van der Waals surface area contributed by atoms with E-state index < -0.39 is 39.6 Å². The van der Waals surface area contributed by atoms with Gasteiger partial charge in [-0.05, 0) is 72.8 Å². The summed E-state index contributed by atoms with van der Waals surface area (Å²) >= 11 is 11.8. The Labute approximate surface area is 301 Å². The van der Waals surface area contributed by atoms with Crippen molar-refractivity contribution in [3.05, 3.63) is 107 Å². The first-order valence-corrected chi connectivity index (χ1v) is 16.4. The van der Waals surface area contributed by atoms with Crippen LogP contribution in [0.2, 0.25) is 10.0 Å². The predicted molar refractivity (Wildman–Crippen MR) is 143 cm³/mol. The molecule has 0 N–H and O–H groups in total. The maximum absolute atomic E-state index is 12.6. The molecule has 0 amide bonds. The first kappa shape index (κ1) is 39.5. The van der Waals surface area contributed by atoms with Crippen molar-refractivity contribution in [2.24, 2.45) is 0 Å². The van der Waals surface area contributed by atoms with Crippen LogP contribution < -0.4 is 64.4 Å². The van der Waals surface area contributed by atoms with E-state index in [2.05, 4.69) is 9.37 Å². The first-order chi connectivity index (χ1) is 18.8. The summed E-state index contributed by atoms with van der Waals surface area (Å²) in [7, 11) is -12.5. The minimum absolute atomic E-state index is 0. The molecule has 0 atom stereocenters. The minimum Gasteiger partial charge on any atom is -0.744 e. The predicted octanol–water partition coefficient (Wildman–Crippen LogP) is -1.51. The van der Waals surface area contributed by atoms with Gasteiger partial charge in [-0.1, -0.05) is 47.5 Å². The van der Waals surface area contributed by atoms with Crippen LogP contribution in [0, 0.1) is 0 Å². The zero-order chi connectivity index (χ0) is 29.6. The van der Waals surface area contributed by atoms with E-state index in [1.54, 1.807) is 42.5 Å². The van der Waals surface area contributed by atoms with E-state index in [1.165, 1.54) is 36.4 Å². The molecule has 0 aromatic heterocycles. The van der Waals surface area contributed by atoms with Crippen LogP contribution in [-0.4, -0.2) is 29.8 Å². The Morgan fingerprint density at radius 1 is 0.619 bits per heavy atom. The molecule has 0 unspecified atom stereocenters. The Bertz CT molecular complexity index is 1810. The van der Waals surface area contributed by atoms with Crippen LogP contribution in [0.1, 0.15) is 0 Å². The molecule has 0 saturated carbocycles. The number of sulfone groups is 2. The van der Waals surface area contributed by atoms with Crippen LogP contribution >= 0.6 is 35.2 Å². The third-order valence-electron chi connectivity index (χ3n) is 4.93. The Balaban J connectivity index is 0.000000429. The van der Waals surface area contributed by atoms with Crippen molar-refractivity contribution in [3.8, 4) is 0 Å². The van der Waals surface area contributed by atoms with E-state index in [4.69, 9.17) is 23.2 Å². The van der Waals surface area contributed by atoms with Crippen LogP contribution in [0.4, 0.5) is 0 Å². The number of rotatable bonds is 8. The average molecular weight is 710 g/mol. The molecule has 0 aliphatic carbocycles. The molecule has 42 heavy (non-hydrogen) atoms. The summed E-state index contributed by atoms with van der Waals surface area (Å²) in [5.41, 5.74) is 0. The fourth-order valence-corrected chi connectivity index (χ4v) is 7.36. The van der Waals surface area contributed by atoms with E-state index in [-0.39, 0.29) is 83.7 Å². The topological polar surface area (TPSA) is 167 Å². The summed E-state index contributed by atoms with van der Waals surface area (Å²) in [6.45, 7) is 0. The maximum atomic E-state index is 12.6. The molecule has 4 aromatic carbocycles. The summed E-state index contributed by atoms with van der Waals surface area (Å²) < 4.78 is 86.9. The van der Waals surface area contributed by atoms with E-state index in [9.17, 15) is 35.1 Å². The third-order valence-corrected chi connectivity index (χ3v) is 10.6. The molecule has 0 spiro atoms. The monoisotopic (exact) mass is 708 g/mol. The van der Waals surface area contributed by atoms with E-state index in [0.29, 0.717) is 23.1 Å². The average Bonchev–Trinajstić information content (AvgIpc) is 2.92. The van der Waals surface area contributed by atoms with Crippen molar-refractivity contribution in [2.45, 2.75) is 29.4 Å². The van der Waals surface area contributed by atoms with E-state index in [0.717, 1.165) is 12.1 Å². The van der Waals surface area contributed by atoms with Crippen molar-refractivity contribution in [3.63, 3.8) is 0 Å². The molecule has 10 nitrogen and oxygen atoms in total. The Morgan fingerprint density at radius 3 is 1.69 bits per heavy atom. The summed E-state index contributed by atoms with van der Waals surface area (Å²) in [4.78, 5) is -0.681. The van der Waals surface area contributed by atoms with Gasteiger partial charge in [0.1, 0.15) is 10.1 Å². The molecule has 4 rings (SSSR count). The van der Waals surface area contributed by atoms with Gasteiger partial charge in [0.15, 0.2) is 0 Å². The SMILES string of the molecule is O=S(=O)([O-])c1cc(S(=O)(=O)c2cccc(SOO[O-])c2)ccc1Cl.O=S(=O)(c1ccccc1)c1ccc(Cl)cc1.[Na+].[Na+]. The molecule has 0 radical (unpaired) electrons. The molecule has 0 fully saturated rings. The van der Waals surface area contributed by atoms with Crippen molar-refractivity contribution in [2.75, 3.05) is 0 Å². The van der Waals surface area contributed by atoms with Crippen LogP contribution in [0.25, 0.3) is 0 Å². The zero-order valence-corrected chi connectivity index (χ0v) is 30.5. The van der Waals surface area contributed by atoms with Gasteiger partial charge >= 0.3 is 59.1 Å². The Hall–Kier alpha value is -0.500. The van der Waals surface area contributed by atoms with Gasteiger partial charge in [0.2, 0.25) is 19.7 Å². The molecule has 4 aromatic rings. The zero-order valence-electron chi connectivity index (χ0n) is 21.7. The molecule has 0 heterocycles. The molecule has 0 bridgehead atoms. The first-order valence-electron chi connectivity index (χ1n) is 10.6. The van der Waals surface area contributed by atoms with Crippen LogP contribution in [-0.2, 0) is 39.2 Å². The van der Waals surface area contributed by atoms with Gasteiger partial charge in [-0.3, -0.25) is 5.04 Å². The van der Waals surface area contributed by atoms with Crippen molar-refractivity contribution in [1.82, 2.24) is 0 Å². The second kappa shape index (κ2) is 17.3. The largest absolute Gasteiger partial charge is 1.00 e. The fourth-order valence-electron chi connectivity index (χ4n) is 3.07. The van der Waals surface area contributed by atoms with Gasteiger partial charge in [-0.25, -0.2) is 25.3 Å². The molecule has 18 heteroatoms. The van der Waals surface area contributed by atoms with Crippen LogP contribution in [0.5, 0.6) is 0 Å². The van der Waals surface area contributed by atoms with Gasteiger partial charge in [-0.2, -0.15) is 4.33 Å². The smallest absolute Gasteiger partial charge is 0.744 e. The molecule has 0 saturated heterocycles. The van der Waals surface area contributed by atoms with Gasteiger partial charge in [-0.15, -0.1) is 0 Å². The number of halogens is 2. The number of hydrogen-bond donors (Lipinski definition) is 0. The van der Waals surface area contributed by atoms with Crippen LogP contribution in [0.15, 0.2) is 126 Å². The number of benzene rings is 4. The normalized spacial score (nSPS) is 11.3. The third kappa shape index (κ3) is 10.5. The fraction of sp³-hybridized carbons (Fsp3) is 0. The van der Waals surface area contributed by atoms with Crippen molar-refractivity contribution >= 4 is 65.0 Å².